The third-order valence-electron chi connectivity index (χ3n) is 2.87. The molecule has 0 aromatic carbocycles. The quantitative estimate of drug-likeness (QED) is 0.792. The average Bonchev–Trinajstić information content (AvgIpc) is 2.32. The molecule has 0 saturated carbocycles. The van der Waals surface area contributed by atoms with Crippen LogP contribution in [0, 0.1) is 19.8 Å². The topological polar surface area (TPSA) is 93.8 Å². The van der Waals surface area contributed by atoms with E-state index in [9.17, 15) is 4.79 Å². The highest BCUT2D eigenvalue weighted by molar-refractivity contribution is 5.88. The van der Waals surface area contributed by atoms with Crippen LogP contribution in [0.3, 0.4) is 0 Å². The molecule has 1 amide bonds. The second-order valence-corrected chi connectivity index (χ2v) is 4.58. The predicted octanol–water partition coefficient (Wildman–Crippen LogP) is 1.19. The van der Waals surface area contributed by atoms with Gasteiger partial charge in [-0.05, 0) is 39.2 Å². The second-order valence-electron chi connectivity index (χ2n) is 4.58. The zero-order chi connectivity index (χ0) is 13.5. The van der Waals surface area contributed by atoms with Crippen molar-refractivity contribution >= 4 is 11.9 Å². The Balaban J connectivity index is 2.42. The predicted molar refractivity (Wildman–Crippen MR) is 70.0 cm³/mol. The van der Waals surface area contributed by atoms with Crippen molar-refractivity contribution in [2.75, 3.05) is 11.9 Å². The van der Waals surface area contributed by atoms with E-state index in [1.54, 1.807) is 0 Å². The zero-order valence-electron chi connectivity index (χ0n) is 11.2. The van der Waals surface area contributed by atoms with Crippen LogP contribution in [0.25, 0.3) is 0 Å². The largest absolute Gasteiger partial charge is 0.330 e. The maximum Gasteiger partial charge on any atom is 0.249 e. The summed E-state index contributed by atoms with van der Waals surface area (Å²) in [4.78, 5) is 15.8. The lowest BCUT2D eigenvalue weighted by atomic mass is 10.0. The number of carbonyl (C=O) groups excluding carboxylic acids is 1. The van der Waals surface area contributed by atoms with E-state index >= 15 is 0 Å². The lowest BCUT2D eigenvalue weighted by Gasteiger charge is -2.09. The van der Waals surface area contributed by atoms with Crippen LogP contribution in [0.15, 0.2) is 0 Å². The van der Waals surface area contributed by atoms with Gasteiger partial charge in [-0.2, -0.15) is 5.10 Å². The van der Waals surface area contributed by atoms with Crippen LogP contribution >= 0.6 is 0 Å². The molecule has 0 aliphatic heterocycles. The number of rotatable bonds is 6. The van der Waals surface area contributed by atoms with Crippen molar-refractivity contribution in [3.8, 4) is 0 Å². The van der Waals surface area contributed by atoms with E-state index in [0.29, 0.717) is 18.9 Å². The molecule has 1 aromatic rings. The van der Waals surface area contributed by atoms with Gasteiger partial charge >= 0.3 is 0 Å². The summed E-state index contributed by atoms with van der Waals surface area (Å²) < 4.78 is 0. The summed E-state index contributed by atoms with van der Waals surface area (Å²) in [6, 6.07) is 0. The molecular formula is C12H21N5O. The Hall–Kier alpha value is -1.56. The van der Waals surface area contributed by atoms with Crippen molar-refractivity contribution < 1.29 is 4.79 Å². The highest BCUT2D eigenvalue weighted by Gasteiger charge is 2.09. The van der Waals surface area contributed by atoms with Gasteiger partial charge in [0.05, 0.1) is 11.4 Å². The highest BCUT2D eigenvalue weighted by atomic mass is 16.1. The van der Waals surface area contributed by atoms with Gasteiger partial charge in [0.2, 0.25) is 11.9 Å². The Labute approximate surface area is 107 Å². The molecule has 6 heteroatoms. The summed E-state index contributed by atoms with van der Waals surface area (Å²) in [7, 11) is 0. The van der Waals surface area contributed by atoms with Crippen molar-refractivity contribution in [2.45, 2.75) is 40.0 Å². The molecule has 0 aliphatic carbocycles. The zero-order valence-corrected chi connectivity index (χ0v) is 11.2. The Morgan fingerprint density at radius 3 is 2.61 bits per heavy atom. The van der Waals surface area contributed by atoms with Gasteiger partial charge in [-0.15, -0.1) is 5.10 Å². The Kier molecular flexibility index (Phi) is 5.64. The number of aromatic nitrogens is 3. The first kappa shape index (κ1) is 14.5. The first-order valence-electron chi connectivity index (χ1n) is 6.20. The molecule has 1 aromatic heterocycles. The van der Waals surface area contributed by atoms with Crippen LogP contribution in [0.2, 0.25) is 0 Å². The minimum absolute atomic E-state index is 0.0797. The number of amides is 1. The Bertz CT molecular complexity index is 407. The van der Waals surface area contributed by atoms with E-state index in [-0.39, 0.29) is 11.9 Å². The number of aryl methyl sites for hydroxylation is 2. The van der Waals surface area contributed by atoms with Crippen molar-refractivity contribution in [2.24, 2.45) is 11.7 Å². The fraction of sp³-hybridized carbons (Fsp3) is 0.667. The first-order chi connectivity index (χ1) is 8.52. The molecule has 6 nitrogen and oxygen atoms in total. The number of carbonyl (C=O) groups is 1. The SMILES string of the molecule is Cc1nnc(NC(=O)CCC(C)CCN)nc1C. The smallest absolute Gasteiger partial charge is 0.249 e. The number of nitrogens with two attached hydrogens (primary N) is 1. The molecule has 18 heavy (non-hydrogen) atoms. The molecule has 1 atom stereocenters. The van der Waals surface area contributed by atoms with E-state index in [1.165, 1.54) is 0 Å². The number of hydrogen-bond acceptors (Lipinski definition) is 5. The third-order valence-corrected chi connectivity index (χ3v) is 2.87. The van der Waals surface area contributed by atoms with Gasteiger partial charge in [-0.1, -0.05) is 6.92 Å². The molecule has 0 aliphatic rings. The van der Waals surface area contributed by atoms with Gasteiger partial charge in [-0.3, -0.25) is 10.1 Å². The normalized spacial score (nSPS) is 12.2. The lowest BCUT2D eigenvalue weighted by molar-refractivity contribution is -0.116. The summed E-state index contributed by atoms with van der Waals surface area (Å²) in [5, 5.41) is 10.4. The van der Waals surface area contributed by atoms with Crippen LogP contribution in [0.5, 0.6) is 0 Å². The Morgan fingerprint density at radius 2 is 2.00 bits per heavy atom. The molecule has 1 rings (SSSR count). The summed E-state index contributed by atoms with van der Waals surface area (Å²) >= 11 is 0. The van der Waals surface area contributed by atoms with Gasteiger partial charge < -0.3 is 5.73 Å². The maximum atomic E-state index is 11.7. The fourth-order valence-corrected chi connectivity index (χ4v) is 1.50. The van der Waals surface area contributed by atoms with Crippen LogP contribution in [-0.2, 0) is 4.79 Å². The van der Waals surface area contributed by atoms with E-state index in [1.807, 2.05) is 13.8 Å². The lowest BCUT2D eigenvalue weighted by Crippen LogP contribution is -2.16. The van der Waals surface area contributed by atoms with Gasteiger partial charge in [0.1, 0.15) is 0 Å². The molecule has 3 N–H and O–H groups in total. The third kappa shape index (κ3) is 4.75. The molecule has 0 radical (unpaired) electrons. The van der Waals surface area contributed by atoms with Gasteiger partial charge in [-0.25, -0.2) is 4.98 Å². The highest BCUT2D eigenvalue weighted by Crippen LogP contribution is 2.10. The number of anilines is 1. The van der Waals surface area contributed by atoms with E-state index < -0.39 is 0 Å². The minimum Gasteiger partial charge on any atom is -0.330 e. The van der Waals surface area contributed by atoms with Crippen LogP contribution in [0.4, 0.5) is 5.95 Å². The van der Waals surface area contributed by atoms with Crippen LogP contribution in [0.1, 0.15) is 37.6 Å². The molecule has 0 fully saturated rings. The standard InChI is InChI=1S/C12H21N5O/c1-8(6-7-13)4-5-11(18)15-12-14-9(2)10(3)16-17-12/h8H,4-7,13H2,1-3H3,(H,14,15,17,18). The summed E-state index contributed by atoms with van der Waals surface area (Å²) in [6.45, 7) is 6.42. The van der Waals surface area contributed by atoms with Crippen molar-refractivity contribution in [1.82, 2.24) is 15.2 Å². The molecule has 0 saturated heterocycles. The van der Waals surface area contributed by atoms with Gasteiger partial charge in [0, 0.05) is 6.42 Å². The van der Waals surface area contributed by atoms with Crippen LogP contribution < -0.4 is 11.1 Å². The monoisotopic (exact) mass is 251 g/mol. The molecule has 0 bridgehead atoms. The molecular weight excluding hydrogens is 230 g/mol. The summed E-state index contributed by atoms with van der Waals surface area (Å²) in [6.07, 6.45) is 2.22. The molecule has 100 valence electrons. The van der Waals surface area contributed by atoms with E-state index in [4.69, 9.17) is 5.73 Å². The summed E-state index contributed by atoms with van der Waals surface area (Å²) in [5.41, 5.74) is 7.00. The molecule has 1 unspecified atom stereocenters. The first-order valence-corrected chi connectivity index (χ1v) is 6.20. The van der Waals surface area contributed by atoms with Gasteiger partial charge in [0.15, 0.2) is 0 Å². The van der Waals surface area contributed by atoms with E-state index in [2.05, 4.69) is 27.4 Å². The minimum atomic E-state index is -0.0797. The number of nitrogens with one attached hydrogen (secondary N) is 1. The van der Waals surface area contributed by atoms with Crippen LogP contribution in [-0.4, -0.2) is 27.6 Å². The summed E-state index contributed by atoms with van der Waals surface area (Å²) in [5.74, 6) is 0.651. The van der Waals surface area contributed by atoms with Gasteiger partial charge in [0.25, 0.3) is 0 Å². The second kappa shape index (κ2) is 7.00. The van der Waals surface area contributed by atoms with Crippen molar-refractivity contribution in [3.63, 3.8) is 0 Å². The van der Waals surface area contributed by atoms with E-state index in [0.717, 1.165) is 24.2 Å². The Morgan fingerprint density at radius 1 is 1.28 bits per heavy atom. The molecule has 1 heterocycles. The van der Waals surface area contributed by atoms with Crippen molar-refractivity contribution in [3.05, 3.63) is 11.4 Å². The average molecular weight is 251 g/mol. The fourth-order valence-electron chi connectivity index (χ4n) is 1.50. The van der Waals surface area contributed by atoms with Crippen molar-refractivity contribution in [1.29, 1.82) is 0 Å². The maximum absolute atomic E-state index is 11.7. The number of nitrogens with zero attached hydrogens (tertiary/aromatic N) is 3. The number of hydrogen-bond donors (Lipinski definition) is 2. The molecule has 0 spiro atoms.